The first-order chi connectivity index (χ1) is 18.4. The van der Waals surface area contributed by atoms with Crippen LogP contribution in [0.15, 0.2) is 83.8 Å². The molecule has 2 heterocycles. The molecule has 8 nitrogen and oxygen atoms in total. The fourth-order valence-corrected chi connectivity index (χ4v) is 4.54. The number of aryl methyl sites for hydroxylation is 2. The average Bonchev–Trinajstić information content (AvgIpc) is 3.34. The van der Waals surface area contributed by atoms with Gasteiger partial charge in [-0.1, -0.05) is 66.2 Å². The minimum absolute atomic E-state index is 0.207. The van der Waals surface area contributed by atoms with Gasteiger partial charge in [0.15, 0.2) is 0 Å². The average molecular weight is 508 g/mol. The monoisotopic (exact) mass is 507 g/mol. The maximum atomic E-state index is 12.9. The van der Waals surface area contributed by atoms with Gasteiger partial charge in [0.05, 0.1) is 23.5 Å². The van der Waals surface area contributed by atoms with Gasteiger partial charge in [0.1, 0.15) is 11.6 Å². The molecule has 3 N–H and O–H groups in total. The van der Waals surface area contributed by atoms with Gasteiger partial charge in [-0.3, -0.25) is 9.36 Å². The third-order valence-electron chi connectivity index (χ3n) is 6.62. The van der Waals surface area contributed by atoms with Crippen LogP contribution in [0, 0.1) is 13.8 Å². The van der Waals surface area contributed by atoms with Gasteiger partial charge in [0.2, 0.25) is 0 Å². The summed E-state index contributed by atoms with van der Waals surface area (Å²) in [6, 6.07) is 23.1. The molecule has 0 aliphatic heterocycles. The first-order valence-electron chi connectivity index (χ1n) is 12.5. The van der Waals surface area contributed by atoms with E-state index < -0.39 is 17.7 Å². The van der Waals surface area contributed by atoms with E-state index in [1.54, 1.807) is 6.20 Å². The highest BCUT2D eigenvalue weighted by molar-refractivity contribution is 5.79. The zero-order valence-corrected chi connectivity index (χ0v) is 21.3. The van der Waals surface area contributed by atoms with Crippen LogP contribution in [0.25, 0.3) is 22.4 Å². The second-order valence-corrected chi connectivity index (χ2v) is 9.46. The van der Waals surface area contributed by atoms with Gasteiger partial charge >= 0.3 is 11.7 Å². The van der Waals surface area contributed by atoms with E-state index in [4.69, 9.17) is 0 Å². The van der Waals surface area contributed by atoms with Crippen LogP contribution in [0.1, 0.15) is 34.7 Å². The number of para-hydroxylation sites is 2. The molecule has 0 aliphatic rings. The Kier molecular flexibility index (Phi) is 7.04. The number of hydrogen-bond acceptors (Lipinski definition) is 5. The largest absolute Gasteiger partial charge is 0.481 e. The number of rotatable bonds is 9. The van der Waals surface area contributed by atoms with E-state index in [9.17, 15) is 14.7 Å². The van der Waals surface area contributed by atoms with Crippen molar-refractivity contribution in [2.24, 2.45) is 0 Å². The zero-order valence-electron chi connectivity index (χ0n) is 21.3. The van der Waals surface area contributed by atoms with Crippen molar-refractivity contribution >= 4 is 22.8 Å². The van der Waals surface area contributed by atoms with Gasteiger partial charge in [-0.2, -0.15) is 4.98 Å². The van der Waals surface area contributed by atoms with Crippen molar-refractivity contribution in [1.82, 2.24) is 19.5 Å². The topological polar surface area (TPSA) is 113 Å². The van der Waals surface area contributed by atoms with E-state index in [0.717, 1.165) is 51.1 Å². The number of anilines is 1. The fourth-order valence-electron chi connectivity index (χ4n) is 4.54. The number of carboxylic acids is 1. The molecule has 2 aromatic heterocycles. The van der Waals surface area contributed by atoms with E-state index in [2.05, 4.69) is 32.4 Å². The summed E-state index contributed by atoms with van der Waals surface area (Å²) in [6.45, 7) is 4.42. The summed E-state index contributed by atoms with van der Waals surface area (Å²) in [4.78, 5) is 36.7. The van der Waals surface area contributed by atoms with Crippen LogP contribution in [-0.2, 0) is 11.2 Å². The van der Waals surface area contributed by atoms with Crippen molar-refractivity contribution < 1.29 is 9.90 Å². The minimum atomic E-state index is -0.978. The molecule has 192 valence electrons. The van der Waals surface area contributed by atoms with Gasteiger partial charge in [-0.05, 0) is 43.5 Å². The van der Waals surface area contributed by atoms with Gasteiger partial charge < -0.3 is 15.4 Å². The molecule has 8 heteroatoms. The van der Waals surface area contributed by atoms with Gasteiger partial charge in [-0.15, -0.1) is 0 Å². The van der Waals surface area contributed by atoms with Crippen molar-refractivity contribution in [1.29, 1.82) is 0 Å². The summed E-state index contributed by atoms with van der Waals surface area (Å²) in [5, 5.41) is 12.7. The molecule has 5 aromatic rings. The molecule has 0 saturated heterocycles. The lowest BCUT2D eigenvalue weighted by atomic mass is 10.0. The molecule has 0 aliphatic carbocycles. The number of carboxylic acid groups (broad SMARTS) is 1. The molecule has 0 spiro atoms. The van der Waals surface area contributed by atoms with Gasteiger partial charge in [-0.25, -0.2) is 9.78 Å². The highest BCUT2D eigenvalue weighted by Crippen LogP contribution is 2.23. The molecule has 0 fully saturated rings. The summed E-state index contributed by atoms with van der Waals surface area (Å²) in [5.74, 6) is 0.361. The summed E-state index contributed by atoms with van der Waals surface area (Å²) >= 11 is 0. The first kappa shape index (κ1) is 25.0. The van der Waals surface area contributed by atoms with Crippen LogP contribution >= 0.6 is 0 Å². The summed E-state index contributed by atoms with van der Waals surface area (Å²) < 4.78 is 1.41. The summed E-state index contributed by atoms with van der Waals surface area (Å²) in [5.41, 5.74) is 6.21. The molecular formula is C30H29N5O3. The van der Waals surface area contributed by atoms with Crippen LogP contribution < -0.4 is 11.0 Å². The van der Waals surface area contributed by atoms with Crippen molar-refractivity contribution in [3.8, 4) is 11.4 Å². The molecule has 0 bridgehead atoms. The van der Waals surface area contributed by atoms with E-state index in [0.29, 0.717) is 12.4 Å². The molecule has 0 radical (unpaired) electrons. The quantitative estimate of drug-likeness (QED) is 0.255. The number of nitrogens with one attached hydrogen (secondary N) is 2. The van der Waals surface area contributed by atoms with Crippen molar-refractivity contribution in [3.63, 3.8) is 0 Å². The van der Waals surface area contributed by atoms with E-state index in [1.807, 2.05) is 74.5 Å². The Morgan fingerprint density at radius 3 is 2.45 bits per heavy atom. The smallest absolute Gasteiger partial charge is 0.350 e. The maximum absolute atomic E-state index is 12.9. The molecule has 5 rings (SSSR count). The fraction of sp³-hybridized carbons (Fsp3) is 0.200. The highest BCUT2D eigenvalue weighted by Gasteiger charge is 2.20. The number of H-pyrrole nitrogens is 1. The van der Waals surface area contributed by atoms with Gasteiger partial charge in [0.25, 0.3) is 0 Å². The number of fused-ring (bicyclic) bond motifs is 1. The Balaban J connectivity index is 1.26. The molecule has 0 amide bonds. The van der Waals surface area contributed by atoms with Crippen LogP contribution in [0.3, 0.4) is 0 Å². The lowest BCUT2D eigenvalue weighted by molar-refractivity contribution is -0.137. The van der Waals surface area contributed by atoms with E-state index >= 15 is 0 Å². The zero-order chi connectivity index (χ0) is 26.6. The molecule has 38 heavy (non-hydrogen) atoms. The number of carbonyl (C=O) groups is 1. The van der Waals surface area contributed by atoms with Crippen LogP contribution in [0.5, 0.6) is 0 Å². The summed E-state index contributed by atoms with van der Waals surface area (Å²) in [6.07, 6.45) is 2.23. The number of benzene rings is 3. The molecule has 1 unspecified atom stereocenters. The maximum Gasteiger partial charge on any atom is 0.350 e. The Hall–Kier alpha value is -4.72. The number of aliphatic carboxylic acids is 1. The SMILES string of the molecule is Cc1ccc(C(CC(=O)O)n2cc(C)c(NCCc3ccc(-c4nc5ccccc5[nH]4)cc3)nc2=O)cc1. The van der Waals surface area contributed by atoms with Crippen LogP contribution in [-0.4, -0.2) is 37.1 Å². The predicted molar refractivity (Wildman–Crippen MR) is 149 cm³/mol. The van der Waals surface area contributed by atoms with E-state index in [-0.39, 0.29) is 6.42 Å². The standard InChI is InChI=1S/C30H29N5O3/c1-19-7-11-22(12-8-19)26(17-27(36)37)35-18-20(2)28(34-30(35)38)31-16-15-21-9-13-23(14-10-21)29-32-24-5-3-4-6-25(24)33-29/h3-14,18,26H,15-17H2,1-2H3,(H,32,33)(H,36,37)(H,31,34,38). The lowest BCUT2D eigenvalue weighted by Gasteiger charge is -2.20. The minimum Gasteiger partial charge on any atom is -0.481 e. The molecule has 3 aromatic carbocycles. The Bertz CT molecular complexity index is 1600. The van der Waals surface area contributed by atoms with Crippen molar-refractivity contribution in [3.05, 3.63) is 112 Å². The van der Waals surface area contributed by atoms with Gasteiger partial charge in [0, 0.05) is 23.9 Å². The number of imidazole rings is 1. The lowest BCUT2D eigenvalue weighted by Crippen LogP contribution is -2.30. The number of aromatic nitrogens is 4. The normalized spacial score (nSPS) is 11.9. The Labute approximate surface area is 220 Å². The predicted octanol–water partition coefficient (Wildman–Crippen LogP) is 5.12. The third-order valence-corrected chi connectivity index (χ3v) is 6.62. The third kappa shape index (κ3) is 5.49. The highest BCUT2D eigenvalue weighted by atomic mass is 16.4. The number of hydrogen-bond donors (Lipinski definition) is 3. The van der Waals surface area contributed by atoms with Crippen LogP contribution in [0.2, 0.25) is 0 Å². The Morgan fingerprint density at radius 2 is 1.74 bits per heavy atom. The first-order valence-corrected chi connectivity index (χ1v) is 12.5. The van der Waals surface area contributed by atoms with Crippen molar-refractivity contribution in [2.75, 3.05) is 11.9 Å². The Morgan fingerprint density at radius 1 is 1.00 bits per heavy atom. The number of nitrogens with zero attached hydrogens (tertiary/aromatic N) is 3. The number of aromatic amines is 1. The van der Waals surface area contributed by atoms with Crippen molar-refractivity contribution in [2.45, 2.75) is 32.7 Å². The second kappa shape index (κ2) is 10.7. The van der Waals surface area contributed by atoms with Crippen LogP contribution in [0.4, 0.5) is 5.82 Å². The second-order valence-electron chi connectivity index (χ2n) is 9.46. The molecule has 1 atom stereocenters. The summed E-state index contributed by atoms with van der Waals surface area (Å²) in [7, 11) is 0. The van der Waals surface area contributed by atoms with E-state index in [1.165, 1.54) is 4.57 Å². The molecule has 0 saturated carbocycles. The molecular weight excluding hydrogens is 478 g/mol.